The van der Waals surface area contributed by atoms with Gasteiger partial charge in [0.2, 0.25) is 5.75 Å². The largest absolute Gasteiger partial charge is 0.415 e. The minimum absolute atomic E-state index is 0.219. The Hall–Kier alpha value is -2.65. The Bertz CT molecular complexity index is 922. The summed E-state index contributed by atoms with van der Waals surface area (Å²) in [6, 6.07) is 6.43. The number of benzene rings is 1. The number of nitro benzene ring substituents is 1. The topological polar surface area (TPSA) is 82.3 Å². The predicted octanol–water partition coefficient (Wildman–Crippen LogP) is 4.45. The first-order valence-electron chi connectivity index (χ1n) is 6.63. The van der Waals surface area contributed by atoms with Crippen molar-refractivity contribution >= 4 is 34.3 Å². The third kappa shape index (κ3) is 3.17. The maximum Gasteiger partial charge on any atom is 0.355 e. The molecule has 0 radical (unpaired) electrons. The lowest BCUT2D eigenvalue weighted by Crippen LogP contribution is -2.09. The standard InChI is InChI=1S/C15H9FN2O4S2/c1-8-13(24-14(17-8)12-3-2-6-23-12)15(19)22-11-7-9(16)4-5-10(11)18(20)21/h2-7H,1H3. The van der Waals surface area contributed by atoms with E-state index in [1.165, 1.54) is 11.3 Å². The van der Waals surface area contributed by atoms with Crippen LogP contribution in [-0.2, 0) is 0 Å². The van der Waals surface area contributed by atoms with Crippen LogP contribution in [0, 0.1) is 22.9 Å². The van der Waals surface area contributed by atoms with Gasteiger partial charge >= 0.3 is 11.7 Å². The monoisotopic (exact) mass is 364 g/mol. The molecule has 0 amide bonds. The second-order valence-electron chi connectivity index (χ2n) is 4.67. The molecule has 2 aromatic heterocycles. The zero-order chi connectivity index (χ0) is 17.3. The molecule has 6 nitrogen and oxygen atoms in total. The van der Waals surface area contributed by atoms with E-state index in [0.717, 1.165) is 34.4 Å². The van der Waals surface area contributed by atoms with Crippen LogP contribution in [-0.4, -0.2) is 15.9 Å². The van der Waals surface area contributed by atoms with Crippen LogP contribution in [0.1, 0.15) is 15.4 Å². The normalized spacial score (nSPS) is 10.6. The van der Waals surface area contributed by atoms with Crippen LogP contribution in [0.2, 0.25) is 0 Å². The summed E-state index contributed by atoms with van der Waals surface area (Å²) < 4.78 is 18.3. The zero-order valence-electron chi connectivity index (χ0n) is 12.2. The van der Waals surface area contributed by atoms with Crippen molar-refractivity contribution < 1.29 is 18.8 Å². The molecule has 0 unspecified atom stereocenters. The van der Waals surface area contributed by atoms with Crippen molar-refractivity contribution in [3.63, 3.8) is 0 Å². The van der Waals surface area contributed by atoms with Crippen molar-refractivity contribution in [2.75, 3.05) is 0 Å². The van der Waals surface area contributed by atoms with Gasteiger partial charge in [-0.1, -0.05) is 6.07 Å². The summed E-state index contributed by atoms with van der Waals surface area (Å²) in [7, 11) is 0. The van der Waals surface area contributed by atoms with E-state index >= 15 is 0 Å². The smallest absolute Gasteiger partial charge is 0.355 e. The molecule has 0 spiro atoms. The number of aromatic nitrogens is 1. The molecular weight excluding hydrogens is 355 g/mol. The number of hydrogen-bond acceptors (Lipinski definition) is 7. The summed E-state index contributed by atoms with van der Waals surface area (Å²) in [5.41, 5.74) is -0.0298. The number of ether oxygens (including phenoxy) is 1. The second-order valence-corrected chi connectivity index (χ2v) is 6.62. The number of halogens is 1. The van der Waals surface area contributed by atoms with E-state index < -0.39 is 28.1 Å². The number of rotatable bonds is 4. The highest BCUT2D eigenvalue weighted by molar-refractivity contribution is 7.22. The van der Waals surface area contributed by atoms with Crippen molar-refractivity contribution in [1.82, 2.24) is 4.98 Å². The Morgan fingerprint density at radius 3 is 2.83 bits per heavy atom. The van der Waals surface area contributed by atoms with Gasteiger partial charge in [0.1, 0.15) is 15.7 Å². The van der Waals surface area contributed by atoms with E-state index in [9.17, 15) is 19.3 Å². The fourth-order valence-corrected chi connectivity index (χ4v) is 3.70. The summed E-state index contributed by atoms with van der Waals surface area (Å²) in [5.74, 6) is -1.97. The molecule has 0 aliphatic heterocycles. The average molecular weight is 364 g/mol. The second kappa shape index (κ2) is 6.46. The summed E-state index contributed by atoms with van der Waals surface area (Å²) in [6.45, 7) is 1.64. The van der Waals surface area contributed by atoms with E-state index in [2.05, 4.69) is 4.98 Å². The van der Waals surface area contributed by atoms with Crippen molar-refractivity contribution in [3.05, 3.63) is 62.2 Å². The highest BCUT2D eigenvalue weighted by Crippen LogP contribution is 2.33. The van der Waals surface area contributed by atoms with Crippen molar-refractivity contribution in [1.29, 1.82) is 0 Å². The van der Waals surface area contributed by atoms with Gasteiger partial charge in [-0.25, -0.2) is 14.2 Å². The molecule has 9 heteroatoms. The molecule has 0 saturated carbocycles. The number of carbonyl (C=O) groups excluding carboxylic acids is 1. The van der Waals surface area contributed by atoms with Crippen LogP contribution in [0.4, 0.5) is 10.1 Å². The number of esters is 1. The Morgan fingerprint density at radius 2 is 2.17 bits per heavy atom. The molecule has 2 heterocycles. The van der Waals surface area contributed by atoms with Crippen molar-refractivity contribution in [3.8, 4) is 15.6 Å². The van der Waals surface area contributed by atoms with Crippen molar-refractivity contribution in [2.24, 2.45) is 0 Å². The quantitative estimate of drug-likeness (QED) is 0.296. The van der Waals surface area contributed by atoms with Crippen LogP contribution in [0.5, 0.6) is 5.75 Å². The Kier molecular flexibility index (Phi) is 4.36. The maximum atomic E-state index is 13.3. The molecule has 0 aliphatic rings. The Morgan fingerprint density at radius 1 is 1.38 bits per heavy atom. The zero-order valence-corrected chi connectivity index (χ0v) is 13.8. The van der Waals surface area contributed by atoms with E-state index in [4.69, 9.17) is 4.74 Å². The molecule has 3 rings (SSSR count). The summed E-state index contributed by atoms with van der Waals surface area (Å²) in [4.78, 5) is 28.0. The number of nitro groups is 1. The van der Waals surface area contributed by atoms with Gasteiger partial charge in [0.25, 0.3) is 0 Å². The first kappa shape index (κ1) is 16.2. The third-order valence-electron chi connectivity index (χ3n) is 3.04. The number of thiophene rings is 1. The lowest BCUT2D eigenvalue weighted by atomic mass is 10.3. The van der Waals surface area contributed by atoms with Crippen LogP contribution >= 0.6 is 22.7 Å². The van der Waals surface area contributed by atoms with Gasteiger partial charge in [-0.05, 0) is 24.4 Å². The van der Waals surface area contributed by atoms with Crippen molar-refractivity contribution in [2.45, 2.75) is 6.92 Å². The number of hydrogen-bond donors (Lipinski definition) is 0. The fraction of sp³-hybridized carbons (Fsp3) is 0.0667. The number of nitrogens with zero attached hydrogens (tertiary/aromatic N) is 2. The summed E-state index contributed by atoms with van der Waals surface area (Å²) >= 11 is 2.60. The molecule has 1 aromatic carbocycles. The van der Waals surface area contributed by atoms with Crippen LogP contribution in [0.15, 0.2) is 35.7 Å². The molecule has 0 aliphatic carbocycles. The first-order chi connectivity index (χ1) is 11.5. The van der Waals surface area contributed by atoms with Gasteiger partial charge in [0.15, 0.2) is 0 Å². The SMILES string of the molecule is Cc1nc(-c2cccs2)sc1C(=O)Oc1cc(F)ccc1[N+](=O)[O-]. The minimum atomic E-state index is -0.804. The maximum absolute atomic E-state index is 13.3. The molecule has 3 aromatic rings. The van der Waals surface area contributed by atoms with Crippen LogP contribution in [0.3, 0.4) is 0 Å². The molecular formula is C15H9FN2O4S2. The molecule has 122 valence electrons. The van der Waals surface area contributed by atoms with E-state index in [1.54, 1.807) is 6.92 Å². The fourth-order valence-electron chi connectivity index (χ4n) is 1.96. The first-order valence-corrected chi connectivity index (χ1v) is 8.32. The lowest BCUT2D eigenvalue weighted by Gasteiger charge is -2.04. The van der Waals surface area contributed by atoms with Gasteiger partial charge < -0.3 is 4.74 Å². The number of thiazole rings is 1. The van der Waals surface area contributed by atoms with Gasteiger partial charge in [0.05, 0.1) is 15.5 Å². The van der Waals surface area contributed by atoms with Crippen LogP contribution in [0.25, 0.3) is 9.88 Å². The molecule has 0 N–H and O–H groups in total. The van der Waals surface area contributed by atoms with Gasteiger partial charge in [0, 0.05) is 12.1 Å². The van der Waals surface area contributed by atoms with Gasteiger partial charge in [-0.15, -0.1) is 22.7 Å². The Labute approximate surface area is 143 Å². The Balaban J connectivity index is 1.91. The third-order valence-corrected chi connectivity index (χ3v) is 5.21. The summed E-state index contributed by atoms with van der Waals surface area (Å²) in [5, 5.41) is 13.5. The predicted molar refractivity (Wildman–Crippen MR) is 88.2 cm³/mol. The molecule has 0 saturated heterocycles. The molecule has 0 fully saturated rings. The number of carbonyl (C=O) groups is 1. The number of aryl methyl sites for hydroxylation is 1. The van der Waals surface area contributed by atoms with Gasteiger partial charge in [-0.3, -0.25) is 10.1 Å². The lowest BCUT2D eigenvalue weighted by molar-refractivity contribution is -0.385. The summed E-state index contributed by atoms with van der Waals surface area (Å²) in [6.07, 6.45) is 0. The van der Waals surface area contributed by atoms with Crippen LogP contribution < -0.4 is 4.74 Å². The molecule has 24 heavy (non-hydrogen) atoms. The van der Waals surface area contributed by atoms with E-state index in [-0.39, 0.29) is 4.88 Å². The molecule has 0 atom stereocenters. The molecule has 0 bridgehead atoms. The van der Waals surface area contributed by atoms with Gasteiger partial charge in [-0.2, -0.15) is 0 Å². The average Bonchev–Trinajstić information content (AvgIpc) is 3.16. The highest BCUT2D eigenvalue weighted by atomic mass is 32.1. The minimum Gasteiger partial charge on any atom is -0.415 e. The van der Waals surface area contributed by atoms with E-state index in [0.29, 0.717) is 10.7 Å². The van der Waals surface area contributed by atoms with E-state index in [1.807, 2.05) is 17.5 Å². The highest BCUT2D eigenvalue weighted by Gasteiger charge is 2.23.